The number of aliphatic imine (C=N–C) groups is 1. The van der Waals surface area contributed by atoms with Crippen LogP contribution in [0.5, 0.6) is 0 Å². The maximum Gasteiger partial charge on any atom is 0.162 e. The van der Waals surface area contributed by atoms with E-state index in [9.17, 15) is 0 Å². The lowest BCUT2D eigenvalue weighted by Gasteiger charge is -2.28. The molecule has 3 N–H and O–H groups in total. The van der Waals surface area contributed by atoms with E-state index in [1.807, 2.05) is 37.4 Å². The predicted octanol–water partition coefficient (Wildman–Crippen LogP) is 3.14. The van der Waals surface area contributed by atoms with Crippen molar-refractivity contribution in [2.75, 3.05) is 31.2 Å². The first kappa shape index (κ1) is 21.0. The molecule has 1 aliphatic heterocycles. The SMILES string of the molecule is CC=N/C=C\NCc1cc2nc(-c3ccccc3/C=N\N)nc(N3CCOCC3)c2s1. The molecule has 2 aromatic heterocycles. The van der Waals surface area contributed by atoms with E-state index in [1.54, 1.807) is 30.0 Å². The molecule has 8 nitrogen and oxygen atoms in total. The minimum absolute atomic E-state index is 0.666. The van der Waals surface area contributed by atoms with Gasteiger partial charge in [0.05, 0.1) is 29.6 Å². The van der Waals surface area contributed by atoms with Gasteiger partial charge in [-0.1, -0.05) is 24.3 Å². The molecule has 31 heavy (non-hydrogen) atoms. The third-order valence-corrected chi connectivity index (χ3v) is 5.95. The summed E-state index contributed by atoms with van der Waals surface area (Å²) in [7, 11) is 0. The van der Waals surface area contributed by atoms with Crippen LogP contribution in [0.25, 0.3) is 21.6 Å². The van der Waals surface area contributed by atoms with Crippen molar-refractivity contribution in [2.24, 2.45) is 15.9 Å². The molecule has 4 rings (SSSR count). The van der Waals surface area contributed by atoms with E-state index >= 15 is 0 Å². The van der Waals surface area contributed by atoms with Crippen molar-refractivity contribution >= 4 is 39.8 Å². The monoisotopic (exact) mass is 435 g/mol. The van der Waals surface area contributed by atoms with Crippen LogP contribution in [-0.2, 0) is 11.3 Å². The Hall–Kier alpha value is -3.30. The highest BCUT2D eigenvalue weighted by atomic mass is 32.1. The number of nitrogens with one attached hydrogen (secondary N) is 1. The quantitative estimate of drug-likeness (QED) is 0.336. The van der Waals surface area contributed by atoms with Crippen LogP contribution in [0.1, 0.15) is 17.4 Å². The van der Waals surface area contributed by atoms with E-state index in [1.165, 1.54) is 4.88 Å². The summed E-state index contributed by atoms with van der Waals surface area (Å²) >= 11 is 1.71. The summed E-state index contributed by atoms with van der Waals surface area (Å²) < 4.78 is 6.63. The number of hydrogen-bond acceptors (Lipinski definition) is 9. The molecule has 0 bridgehead atoms. The molecule has 0 radical (unpaired) electrons. The Morgan fingerprint density at radius 3 is 2.90 bits per heavy atom. The molecule has 1 saturated heterocycles. The van der Waals surface area contributed by atoms with Crippen LogP contribution in [0.2, 0.25) is 0 Å². The number of benzene rings is 1. The predicted molar refractivity (Wildman–Crippen MR) is 128 cm³/mol. The maximum atomic E-state index is 5.55. The number of anilines is 1. The lowest BCUT2D eigenvalue weighted by Crippen LogP contribution is -2.36. The standard InChI is InChI=1S/C22H25N7OS/c1-2-24-7-8-25-15-17-13-19-20(31-17)22(29-9-11-30-12-10-29)28-21(27-19)18-6-4-3-5-16(18)14-26-23/h2-8,13-14,25H,9-12,15,23H2,1H3/b8-7-,24-2?,26-14-. The topological polar surface area (TPSA) is 101 Å². The highest BCUT2D eigenvalue weighted by molar-refractivity contribution is 7.19. The van der Waals surface area contributed by atoms with Gasteiger partial charge in [0, 0.05) is 54.3 Å². The van der Waals surface area contributed by atoms with Gasteiger partial charge in [-0.2, -0.15) is 5.10 Å². The smallest absolute Gasteiger partial charge is 0.162 e. The third kappa shape index (κ3) is 4.89. The van der Waals surface area contributed by atoms with Gasteiger partial charge in [0.15, 0.2) is 11.6 Å². The molecule has 1 fully saturated rings. The average molecular weight is 436 g/mol. The second kappa shape index (κ2) is 10.1. The minimum atomic E-state index is 0.666. The second-order valence-electron chi connectivity index (χ2n) is 6.87. The van der Waals surface area contributed by atoms with Crippen molar-refractivity contribution in [1.29, 1.82) is 0 Å². The molecule has 0 atom stereocenters. The molecule has 160 valence electrons. The van der Waals surface area contributed by atoms with E-state index in [4.69, 9.17) is 20.5 Å². The van der Waals surface area contributed by atoms with Gasteiger partial charge in [-0.15, -0.1) is 11.3 Å². The number of nitrogens with two attached hydrogens (primary N) is 1. The Kier molecular flexibility index (Phi) is 6.85. The van der Waals surface area contributed by atoms with Gasteiger partial charge in [-0.05, 0) is 13.0 Å². The van der Waals surface area contributed by atoms with E-state index in [0.717, 1.165) is 40.3 Å². The lowest BCUT2D eigenvalue weighted by molar-refractivity contribution is 0.122. The number of ether oxygens (including phenoxy) is 1. The third-order valence-electron chi connectivity index (χ3n) is 4.83. The molecule has 9 heteroatoms. The van der Waals surface area contributed by atoms with Gasteiger partial charge in [0.2, 0.25) is 0 Å². The van der Waals surface area contributed by atoms with Crippen LogP contribution in [0.4, 0.5) is 5.82 Å². The number of morpholine rings is 1. The summed E-state index contributed by atoms with van der Waals surface area (Å²) in [5.41, 5.74) is 2.72. The van der Waals surface area contributed by atoms with E-state index in [0.29, 0.717) is 25.6 Å². The van der Waals surface area contributed by atoms with E-state index < -0.39 is 0 Å². The summed E-state index contributed by atoms with van der Waals surface area (Å²) in [6.07, 6.45) is 6.95. The van der Waals surface area contributed by atoms with E-state index in [2.05, 4.69) is 26.4 Å². The zero-order chi connectivity index (χ0) is 21.5. The number of fused-ring (bicyclic) bond motifs is 1. The number of rotatable bonds is 7. The Balaban J connectivity index is 1.76. The van der Waals surface area contributed by atoms with Crippen molar-refractivity contribution in [3.8, 4) is 11.4 Å². The number of nitrogens with zero attached hydrogens (tertiary/aromatic N) is 5. The first-order valence-corrected chi connectivity index (χ1v) is 10.9. The molecule has 0 unspecified atom stereocenters. The fourth-order valence-corrected chi connectivity index (χ4v) is 4.46. The fourth-order valence-electron chi connectivity index (χ4n) is 3.40. The Labute approximate surface area is 185 Å². The Morgan fingerprint density at radius 1 is 1.26 bits per heavy atom. The number of aromatic nitrogens is 2. The Morgan fingerprint density at radius 2 is 2.10 bits per heavy atom. The van der Waals surface area contributed by atoms with Crippen molar-refractivity contribution < 1.29 is 4.74 Å². The van der Waals surface area contributed by atoms with Crippen LogP contribution in [0.15, 0.2) is 52.8 Å². The largest absolute Gasteiger partial charge is 0.385 e. The van der Waals surface area contributed by atoms with Gasteiger partial charge in [0.1, 0.15) is 0 Å². The summed E-state index contributed by atoms with van der Waals surface area (Å²) in [6.45, 7) is 5.59. The Bertz CT molecular complexity index is 1120. The second-order valence-corrected chi connectivity index (χ2v) is 8.00. The normalized spacial score (nSPS) is 15.1. The van der Waals surface area contributed by atoms with Crippen LogP contribution in [0, 0.1) is 0 Å². The zero-order valence-electron chi connectivity index (χ0n) is 17.4. The summed E-state index contributed by atoms with van der Waals surface area (Å²) in [5.74, 6) is 7.03. The first-order valence-electron chi connectivity index (χ1n) is 10.1. The molecule has 0 amide bonds. The summed E-state index contributed by atoms with van der Waals surface area (Å²) in [4.78, 5) is 17.4. The van der Waals surface area contributed by atoms with Gasteiger partial charge < -0.3 is 20.8 Å². The lowest BCUT2D eigenvalue weighted by atomic mass is 10.1. The molecule has 0 saturated carbocycles. The van der Waals surface area contributed by atoms with Crippen LogP contribution < -0.4 is 16.1 Å². The zero-order valence-corrected chi connectivity index (χ0v) is 18.2. The molecular formula is C22H25N7OS. The number of hydrazone groups is 1. The first-order chi connectivity index (χ1) is 15.3. The van der Waals surface area contributed by atoms with Crippen molar-refractivity contribution in [3.63, 3.8) is 0 Å². The minimum Gasteiger partial charge on any atom is -0.385 e. The van der Waals surface area contributed by atoms with Crippen molar-refractivity contribution in [3.05, 3.63) is 53.2 Å². The van der Waals surface area contributed by atoms with Gasteiger partial charge in [-0.3, -0.25) is 4.99 Å². The van der Waals surface area contributed by atoms with Gasteiger partial charge >= 0.3 is 0 Å². The molecule has 1 aromatic carbocycles. The molecule has 0 aliphatic carbocycles. The number of hydrogen-bond donors (Lipinski definition) is 2. The molecular weight excluding hydrogens is 410 g/mol. The highest BCUT2D eigenvalue weighted by Gasteiger charge is 2.20. The van der Waals surface area contributed by atoms with Crippen LogP contribution in [0.3, 0.4) is 0 Å². The van der Waals surface area contributed by atoms with Crippen molar-refractivity contribution in [1.82, 2.24) is 15.3 Å². The van der Waals surface area contributed by atoms with E-state index in [-0.39, 0.29) is 0 Å². The molecule has 3 aromatic rings. The maximum absolute atomic E-state index is 5.55. The van der Waals surface area contributed by atoms with Gasteiger partial charge in [0.25, 0.3) is 0 Å². The molecule has 0 spiro atoms. The van der Waals surface area contributed by atoms with Crippen LogP contribution >= 0.6 is 11.3 Å². The van der Waals surface area contributed by atoms with Gasteiger partial charge in [-0.25, -0.2) is 9.97 Å². The number of thiophene rings is 1. The average Bonchev–Trinajstić information content (AvgIpc) is 3.22. The summed E-state index contributed by atoms with van der Waals surface area (Å²) in [5, 5.41) is 6.97. The molecule has 3 heterocycles. The van der Waals surface area contributed by atoms with Crippen molar-refractivity contribution in [2.45, 2.75) is 13.5 Å². The fraction of sp³-hybridized carbons (Fsp3) is 0.273. The highest BCUT2D eigenvalue weighted by Crippen LogP contribution is 2.35. The van der Waals surface area contributed by atoms with Crippen LogP contribution in [-0.4, -0.2) is 48.7 Å². The summed E-state index contributed by atoms with van der Waals surface area (Å²) in [6, 6.07) is 10.0. The molecule has 1 aliphatic rings.